The van der Waals surface area contributed by atoms with Crippen LogP contribution in [0.25, 0.3) is 0 Å². The van der Waals surface area contributed by atoms with Crippen LogP contribution in [0.5, 0.6) is 0 Å². The number of hydrogen-bond acceptors (Lipinski definition) is 2. The van der Waals surface area contributed by atoms with Gasteiger partial charge in [0.05, 0.1) is 0 Å². The van der Waals surface area contributed by atoms with E-state index in [-0.39, 0.29) is 5.92 Å². The van der Waals surface area contributed by atoms with Crippen LogP contribution in [0.1, 0.15) is 29.8 Å². The molecule has 0 radical (unpaired) electrons. The molecule has 2 aromatic rings. The number of nitrogens with one attached hydrogen (secondary N) is 2. The van der Waals surface area contributed by atoms with Crippen LogP contribution in [0.3, 0.4) is 0 Å². The van der Waals surface area contributed by atoms with Gasteiger partial charge in [0.2, 0.25) is 5.91 Å². The molecule has 0 heterocycles. The predicted octanol–water partition coefficient (Wildman–Crippen LogP) is 3.73. The van der Waals surface area contributed by atoms with Gasteiger partial charge in [0.1, 0.15) is 23.2 Å². The second-order valence-electron chi connectivity index (χ2n) is 6.46. The average molecular weight is 395 g/mol. The summed E-state index contributed by atoms with van der Waals surface area (Å²) in [6.45, 7) is 3.83. The molecular formula is C20H21ClF2N2O2. The quantitative estimate of drug-likeness (QED) is 0.751. The van der Waals surface area contributed by atoms with Crippen molar-refractivity contribution in [2.75, 3.05) is 6.54 Å². The van der Waals surface area contributed by atoms with Crippen LogP contribution in [-0.2, 0) is 11.2 Å². The van der Waals surface area contributed by atoms with Gasteiger partial charge in [-0.15, -0.1) is 0 Å². The van der Waals surface area contributed by atoms with E-state index in [4.69, 9.17) is 11.6 Å². The summed E-state index contributed by atoms with van der Waals surface area (Å²) in [7, 11) is 0. The Labute approximate surface area is 161 Å². The second-order valence-corrected chi connectivity index (χ2v) is 6.90. The average Bonchev–Trinajstić information content (AvgIpc) is 2.60. The van der Waals surface area contributed by atoms with E-state index in [2.05, 4.69) is 10.6 Å². The summed E-state index contributed by atoms with van der Waals surface area (Å²) >= 11 is 5.83. The fraction of sp³-hybridized carbons (Fsp3) is 0.300. The summed E-state index contributed by atoms with van der Waals surface area (Å²) in [6, 6.07) is 9.49. The summed E-state index contributed by atoms with van der Waals surface area (Å²) in [4.78, 5) is 24.7. The molecule has 27 heavy (non-hydrogen) atoms. The molecule has 7 heteroatoms. The van der Waals surface area contributed by atoms with Crippen molar-refractivity contribution in [2.24, 2.45) is 5.92 Å². The molecule has 2 N–H and O–H groups in total. The molecule has 0 spiro atoms. The Hall–Kier alpha value is -2.47. The SMILES string of the molecule is CC(C)[C@H](NC(=O)c1c(F)cccc1F)C(=O)NCCc1ccc(Cl)cc1. The fourth-order valence-electron chi connectivity index (χ4n) is 2.55. The van der Waals surface area contributed by atoms with E-state index in [9.17, 15) is 18.4 Å². The maximum atomic E-state index is 13.8. The maximum absolute atomic E-state index is 13.8. The number of rotatable bonds is 7. The molecule has 0 aliphatic carbocycles. The van der Waals surface area contributed by atoms with E-state index in [1.165, 1.54) is 6.07 Å². The van der Waals surface area contributed by atoms with Crippen molar-refractivity contribution >= 4 is 23.4 Å². The lowest BCUT2D eigenvalue weighted by molar-refractivity contribution is -0.123. The van der Waals surface area contributed by atoms with Gasteiger partial charge < -0.3 is 10.6 Å². The van der Waals surface area contributed by atoms with E-state index in [1.807, 2.05) is 12.1 Å². The molecule has 2 aromatic carbocycles. The largest absolute Gasteiger partial charge is 0.354 e. The van der Waals surface area contributed by atoms with Gasteiger partial charge in [-0.1, -0.05) is 43.6 Å². The normalized spacial score (nSPS) is 11.9. The first-order valence-corrected chi connectivity index (χ1v) is 8.94. The van der Waals surface area contributed by atoms with Crippen molar-refractivity contribution in [1.29, 1.82) is 0 Å². The zero-order chi connectivity index (χ0) is 20.0. The minimum absolute atomic E-state index is 0.265. The molecule has 2 rings (SSSR count). The summed E-state index contributed by atoms with van der Waals surface area (Å²) < 4.78 is 27.5. The number of carbonyl (C=O) groups is 2. The van der Waals surface area contributed by atoms with Crippen molar-refractivity contribution in [3.05, 3.63) is 70.2 Å². The Kier molecular flexibility index (Phi) is 7.30. The first-order valence-electron chi connectivity index (χ1n) is 8.56. The molecular weight excluding hydrogens is 374 g/mol. The highest BCUT2D eigenvalue weighted by atomic mass is 35.5. The van der Waals surface area contributed by atoms with Crippen molar-refractivity contribution in [2.45, 2.75) is 26.3 Å². The van der Waals surface area contributed by atoms with E-state index in [0.717, 1.165) is 17.7 Å². The minimum Gasteiger partial charge on any atom is -0.354 e. The van der Waals surface area contributed by atoms with Crippen LogP contribution in [0.2, 0.25) is 5.02 Å². The summed E-state index contributed by atoms with van der Waals surface area (Å²) in [5, 5.41) is 5.79. The van der Waals surface area contributed by atoms with Gasteiger partial charge in [-0.05, 0) is 42.2 Å². The monoisotopic (exact) mass is 394 g/mol. The van der Waals surface area contributed by atoms with Crippen molar-refractivity contribution in [3.8, 4) is 0 Å². The summed E-state index contributed by atoms with van der Waals surface area (Å²) in [6.07, 6.45) is 0.587. The zero-order valence-electron chi connectivity index (χ0n) is 15.1. The number of amides is 2. The Balaban J connectivity index is 1.98. The van der Waals surface area contributed by atoms with Crippen LogP contribution >= 0.6 is 11.6 Å². The van der Waals surface area contributed by atoms with Gasteiger partial charge in [0.15, 0.2) is 0 Å². The summed E-state index contributed by atoms with van der Waals surface area (Å²) in [5.41, 5.74) is 0.301. The molecule has 0 unspecified atom stereocenters. The molecule has 2 amide bonds. The molecule has 0 fully saturated rings. The molecule has 0 saturated heterocycles. The second kappa shape index (κ2) is 9.46. The van der Waals surface area contributed by atoms with Gasteiger partial charge in [0.25, 0.3) is 5.91 Å². The number of hydrogen-bond donors (Lipinski definition) is 2. The lowest BCUT2D eigenvalue weighted by Gasteiger charge is -2.22. The molecule has 0 aromatic heterocycles. The van der Waals surface area contributed by atoms with Crippen LogP contribution < -0.4 is 10.6 Å². The van der Waals surface area contributed by atoms with Gasteiger partial charge in [-0.2, -0.15) is 0 Å². The van der Waals surface area contributed by atoms with E-state index >= 15 is 0 Å². The smallest absolute Gasteiger partial charge is 0.257 e. The standard InChI is InChI=1S/C20H21ClF2N2O2/c1-12(2)18(25-19(26)17-15(22)4-3-5-16(17)23)20(27)24-11-10-13-6-8-14(21)9-7-13/h3-9,12,18H,10-11H2,1-2H3,(H,24,27)(H,25,26)/t18-/m0/s1. The van der Waals surface area contributed by atoms with Gasteiger partial charge >= 0.3 is 0 Å². The van der Waals surface area contributed by atoms with Crippen molar-refractivity contribution < 1.29 is 18.4 Å². The minimum atomic E-state index is -0.974. The third-order valence-electron chi connectivity index (χ3n) is 4.05. The molecule has 4 nitrogen and oxygen atoms in total. The third kappa shape index (κ3) is 5.76. The lowest BCUT2D eigenvalue weighted by atomic mass is 10.0. The lowest BCUT2D eigenvalue weighted by Crippen LogP contribution is -2.50. The zero-order valence-corrected chi connectivity index (χ0v) is 15.8. The predicted molar refractivity (Wildman–Crippen MR) is 101 cm³/mol. The topological polar surface area (TPSA) is 58.2 Å². The van der Waals surface area contributed by atoms with Gasteiger partial charge in [-0.25, -0.2) is 8.78 Å². The molecule has 0 saturated carbocycles. The van der Waals surface area contributed by atoms with Crippen molar-refractivity contribution in [1.82, 2.24) is 10.6 Å². The van der Waals surface area contributed by atoms with E-state index < -0.39 is 35.1 Å². The Morgan fingerprint density at radius 2 is 1.63 bits per heavy atom. The number of benzene rings is 2. The Morgan fingerprint density at radius 1 is 1.04 bits per heavy atom. The molecule has 144 valence electrons. The van der Waals surface area contributed by atoms with Crippen molar-refractivity contribution in [3.63, 3.8) is 0 Å². The van der Waals surface area contributed by atoms with E-state index in [0.29, 0.717) is 18.0 Å². The fourth-order valence-corrected chi connectivity index (χ4v) is 2.68. The number of halogens is 3. The maximum Gasteiger partial charge on any atom is 0.257 e. The van der Waals surface area contributed by atoms with Crippen LogP contribution in [0.15, 0.2) is 42.5 Å². The first-order chi connectivity index (χ1) is 12.8. The van der Waals surface area contributed by atoms with Gasteiger partial charge in [0, 0.05) is 11.6 Å². The van der Waals surface area contributed by atoms with Gasteiger partial charge in [-0.3, -0.25) is 9.59 Å². The molecule has 1 atom stereocenters. The highest BCUT2D eigenvalue weighted by Gasteiger charge is 2.27. The van der Waals surface area contributed by atoms with E-state index in [1.54, 1.807) is 26.0 Å². The Bertz CT molecular complexity index is 790. The summed E-state index contributed by atoms with van der Waals surface area (Å²) in [5.74, 6) is -3.59. The molecule has 0 bridgehead atoms. The molecule has 0 aliphatic heterocycles. The first kappa shape index (κ1) is 20.8. The highest BCUT2D eigenvalue weighted by Crippen LogP contribution is 2.13. The molecule has 0 aliphatic rings. The van der Waals surface area contributed by atoms with Crippen LogP contribution in [0, 0.1) is 17.6 Å². The van der Waals surface area contributed by atoms with Crippen LogP contribution in [0.4, 0.5) is 8.78 Å². The highest BCUT2D eigenvalue weighted by molar-refractivity contribution is 6.30. The third-order valence-corrected chi connectivity index (χ3v) is 4.30. The number of carbonyl (C=O) groups excluding carboxylic acids is 2. The Morgan fingerprint density at radius 3 is 2.19 bits per heavy atom. The van der Waals surface area contributed by atoms with Crippen LogP contribution in [-0.4, -0.2) is 24.4 Å².